The topological polar surface area (TPSA) is 15.3 Å². The number of piperidine rings is 1. The fourth-order valence-electron chi connectivity index (χ4n) is 2.34. The van der Waals surface area contributed by atoms with E-state index in [4.69, 9.17) is 0 Å². The molecule has 16 heavy (non-hydrogen) atoms. The van der Waals surface area contributed by atoms with Gasteiger partial charge in [0.05, 0.1) is 0 Å². The predicted octanol–water partition coefficient (Wildman–Crippen LogP) is 2.63. The van der Waals surface area contributed by atoms with Gasteiger partial charge in [-0.2, -0.15) is 0 Å². The van der Waals surface area contributed by atoms with Crippen molar-refractivity contribution in [1.82, 2.24) is 10.2 Å². The first kappa shape index (κ1) is 12.1. The van der Waals surface area contributed by atoms with Gasteiger partial charge in [0.15, 0.2) is 0 Å². The molecular formula is C13H22N2S. The molecule has 1 aliphatic heterocycles. The lowest BCUT2D eigenvalue weighted by Crippen LogP contribution is -2.42. The smallest absolute Gasteiger partial charge is 0.0300 e. The van der Waals surface area contributed by atoms with Crippen molar-refractivity contribution in [1.29, 1.82) is 0 Å². The van der Waals surface area contributed by atoms with E-state index in [0.717, 1.165) is 19.1 Å². The highest BCUT2D eigenvalue weighted by Crippen LogP contribution is 2.16. The highest BCUT2D eigenvalue weighted by atomic mass is 32.1. The molecule has 1 aromatic heterocycles. The minimum atomic E-state index is 0.745. The molecule has 0 aliphatic carbocycles. The van der Waals surface area contributed by atoms with Gasteiger partial charge in [-0.15, -0.1) is 11.3 Å². The standard InChI is InChI=1S/C13H22N2S/c1-11-6-7-13(16-11)10-14-9-12-5-3-4-8-15(12)2/h6-7,12,14H,3-5,8-10H2,1-2H3. The van der Waals surface area contributed by atoms with Crippen LogP contribution in [0.3, 0.4) is 0 Å². The molecule has 1 atom stereocenters. The van der Waals surface area contributed by atoms with Crippen molar-refractivity contribution >= 4 is 11.3 Å². The number of nitrogens with zero attached hydrogens (tertiary/aromatic N) is 1. The zero-order valence-corrected chi connectivity index (χ0v) is 11.1. The second-order valence-corrected chi connectivity index (χ2v) is 6.15. The molecular weight excluding hydrogens is 216 g/mol. The molecule has 2 nitrogen and oxygen atoms in total. The Morgan fingerprint density at radius 1 is 1.44 bits per heavy atom. The van der Waals surface area contributed by atoms with Crippen LogP contribution in [0.2, 0.25) is 0 Å². The lowest BCUT2D eigenvalue weighted by molar-refractivity contribution is 0.181. The summed E-state index contributed by atoms with van der Waals surface area (Å²) >= 11 is 1.90. The molecule has 3 heteroatoms. The molecule has 2 heterocycles. The Bertz CT molecular complexity index is 321. The normalized spacial score (nSPS) is 22.5. The van der Waals surface area contributed by atoms with Crippen molar-refractivity contribution in [2.24, 2.45) is 0 Å². The lowest BCUT2D eigenvalue weighted by atomic mass is 10.0. The third-order valence-corrected chi connectivity index (χ3v) is 4.40. The van der Waals surface area contributed by atoms with Crippen LogP contribution in [-0.4, -0.2) is 31.1 Å². The first-order chi connectivity index (χ1) is 7.75. The summed E-state index contributed by atoms with van der Waals surface area (Å²) in [5.41, 5.74) is 0. The van der Waals surface area contributed by atoms with Crippen molar-refractivity contribution in [2.75, 3.05) is 20.1 Å². The molecule has 0 aromatic carbocycles. The molecule has 90 valence electrons. The highest BCUT2D eigenvalue weighted by molar-refractivity contribution is 7.11. The molecule has 0 amide bonds. The maximum atomic E-state index is 3.58. The number of hydrogen-bond acceptors (Lipinski definition) is 3. The Balaban J connectivity index is 1.71. The Labute approximate surface area is 103 Å². The monoisotopic (exact) mass is 238 g/mol. The summed E-state index contributed by atoms with van der Waals surface area (Å²) in [5, 5.41) is 3.58. The molecule has 1 aliphatic rings. The van der Waals surface area contributed by atoms with E-state index in [0.29, 0.717) is 0 Å². The van der Waals surface area contributed by atoms with Crippen molar-refractivity contribution < 1.29 is 0 Å². The van der Waals surface area contributed by atoms with E-state index < -0.39 is 0 Å². The second kappa shape index (κ2) is 5.80. The lowest BCUT2D eigenvalue weighted by Gasteiger charge is -2.32. The van der Waals surface area contributed by atoms with Crippen LogP contribution in [0, 0.1) is 6.92 Å². The minimum absolute atomic E-state index is 0.745. The fourth-order valence-corrected chi connectivity index (χ4v) is 3.20. The Kier molecular flexibility index (Phi) is 4.38. The van der Waals surface area contributed by atoms with E-state index >= 15 is 0 Å². The van der Waals surface area contributed by atoms with Crippen LogP contribution >= 0.6 is 11.3 Å². The van der Waals surface area contributed by atoms with Gasteiger partial charge in [0, 0.05) is 28.9 Å². The third kappa shape index (κ3) is 3.30. The molecule has 0 bridgehead atoms. The molecule has 2 rings (SSSR count). The molecule has 0 spiro atoms. The SMILES string of the molecule is Cc1ccc(CNCC2CCCCN2C)s1. The number of thiophene rings is 1. The summed E-state index contributed by atoms with van der Waals surface area (Å²) < 4.78 is 0. The van der Waals surface area contributed by atoms with Gasteiger partial charge in [-0.1, -0.05) is 6.42 Å². The van der Waals surface area contributed by atoms with Gasteiger partial charge >= 0.3 is 0 Å². The van der Waals surface area contributed by atoms with E-state index in [1.54, 1.807) is 0 Å². The van der Waals surface area contributed by atoms with Crippen molar-refractivity contribution in [3.05, 3.63) is 21.9 Å². The van der Waals surface area contributed by atoms with E-state index in [2.05, 4.69) is 36.3 Å². The minimum Gasteiger partial charge on any atom is -0.310 e. The quantitative estimate of drug-likeness (QED) is 0.867. The van der Waals surface area contributed by atoms with E-state index in [1.165, 1.54) is 35.6 Å². The van der Waals surface area contributed by atoms with Crippen molar-refractivity contribution in [3.8, 4) is 0 Å². The molecule has 0 radical (unpaired) electrons. The molecule has 1 aromatic rings. The zero-order valence-electron chi connectivity index (χ0n) is 10.3. The molecule has 1 unspecified atom stereocenters. The van der Waals surface area contributed by atoms with Crippen molar-refractivity contribution in [3.63, 3.8) is 0 Å². The number of aryl methyl sites for hydroxylation is 1. The van der Waals surface area contributed by atoms with Gasteiger partial charge in [-0.05, 0) is 45.5 Å². The maximum absolute atomic E-state index is 3.58. The molecule has 1 N–H and O–H groups in total. The number of hydrogen-bond donors (Lipinski definition) is 1. The number of likely N-dealkylation sites (N-methyl/N-ethyl adjacent to an activating group) is 1. The first-order valence-corrected chi connectivity index (χ1v) is 7.03. The van der Waals surface area contributed by atoms with Crippen LogP contribution in [0.25, 0.3) is 0 Å². The number of rotatable bonds is 4. The zero-order chi connectivity index (χ0) is 11.4. The van der Waals surface area contributed by atoms with Crippen molar-refractivity contribution in [2.45, 2.75) is 38.8 Å². The second-order valence-electron chi connectivity index (χ2n) is 4.77. The van der Waals surface area contributed by atoms with Gasteiger partial charge in [-0.25, -0.2) is 0 Å². The highest BCUT2D eigenvalue weighted by Gasteiger charge is 2.17. The fraction of sp³-hybridized carbons (Fsp3) is 0.692. The van der Waals surface area contributed by atoms with Crippen LogP contribution in [0.1, 0.15) is 29.0 Å². The van der Waals surface area contributed by atoms with Gasteiger partial charge in [0.2, 0.25) is 0 Å². The van der Waals surface area contributed by atoms with Gasteiger partial charge < -0.3 is 10.2 Å². The third-order valence-electron chi connectivity index (χ3n) is 3.40. The predicted molar refractivity (Wildman–Crippen MR) is 71.0 cm³/mol. The Hall–Kier alpha value is -0.380. The van der Waals surface area contributed by atoms with Crippen LogP contribution in [0.5, 0.6) is 0 Å². The number of likely N-dealkylation sites (tertiary alicyclic amines) is 1. The van der Waals surface area contributed by atoms with Crippen LogP contribution in [0.15, 0.2) is 12.1 Å². The average Bonchev–Trinajstić information content (AvgIpc) is 2.67. The average molecular weight is 238 g/mol. The molecule has 0 saturated carbocycles. The van der Waals surface area contributed by atoms with E-state index in [-0.39, 0.29) is 0 Å². The summed E-state index contributed by atoms with van der Waals surface area (Å²) in [7, 11) is 2.25. The number of nitrogens with one attached hydrogen (secondary N) is 1. The summed E-state index contributed by atoms with van der Waals surface area (Å²) in [6.07, 6.45) is 4.12. The first-order valence-electron chi connectivity index (χ1n) is 6.22. The van der Waals surface area contributed by atoms with E-state index in [1.807, 2.05) is 11.3 Å². The molecule has 1 fully saturated rings. The maximum Gasteiger partial charge on any atom is 0.0300 e. The summed E-state index contributed by atoms with van der Waals surface area (Å²) in [5.74, 6) is 0. The van der Waals surface area contributed by atoms with Crippen LogP contribution in [0.4, 0.5) is 0 Å². The van der Waals surface area contributed by atoms with Crippen LogP contribution in [-0.2, 0) is 6.54 Å². The van der Waals surface area contributed by atoms with E-state index in [9.17, 15) is 0 Å². The van der Waals surface area contributed by atoms with Crippen LogP contribution < -0.4 is 5.32 Å². The van der Waals surface area contributed by atoms with Gasteiger partial charge in [-0.3, -0.25) is 0 Å². The van der Waals surface area contributed by atoms with Gasteiger partial charge in [0.25, 0.3) is 0 Å². The largest absolute Gasteiger partial charge is 0.310 e. The summed E-state index contributed by atoms with van der Waals surface area (Å²) in [4.78, 5) is 5.36. The van der Waals surface area contributed by atoms with Gasteiger partial charge in [0.1, 0.15) is 0 Å². The molecule has 1 saturated heterocycles. The summed E-state index contributed by atoms with van der Waals surface area (Å²) in [6, 6.07) is 5.18. The summed E-state index contributed by atoms with van der Waals surface area (Å²) in [6.45, 7) is 5.60. The Morgan fingerprint density at radius 3 is 3.00 bits per heavy atom. The Morgan fingerprint density at radius 2 is 2.31 bits per heavy atom.